The number of nitro benzene ring substituents is 1. The number of allylic oxidation sites excluding steroid dienone is 1. The van der Waals surface area contributed by atoms with Crippen molar-refractivity contribution in [2.45, 2.75) is 41.5 Å². The van der Waals surface area contributed by atoms with Gasteiger partial charge in [0.2, 0.25) is 0 Å². The van der Waals surface area contributed by atoms with Crippen LogP contribution in [0.1, 0.15) is 47.1 Å². The highest BCUT2D eigenvalue weighted by Gasteiger charge is 2.22. The second-order valence-electron chi connectivity index (χ2n) is 7.23. The van der Waals surface area contributed by atoms with Crippen LogP contribution in [-0.4, -0.2) is 30.6 Å². The number of carbonyl (C=O) groups is 1. The van der Waals surface area contributed by atoms with Gasteiger partial charge in [-0.15, -0.1) is 0 Å². The van der Waals surface area contributed by atoms with E-state index >= 15 is 0 Å². The second-order valence-corrected chi connectivity index (χ2v) is 7.23. The molecular weight excluding hydrogens is 332 g/mol. The quantitative estimate of drug-likeness (QED) is 0.276. The summed E-state index contributed by atoms with van der Waals surface area (Å²) in [4.78, 5) is 25.0. The van der Waals surface area contributed by atoms with Gasteiger partial charge in [-0.2, -0.15) is 0 Å². The van der Waals surface area contributed by atoms with Crippen LogP contribution in [0.5, 0.6) is 0 Å². The summed E-state index contributed by atoms with van der Waals surface area (Å²) in [6.07, 6.45) is 1.36. The predicted molar refractivity (Wildman–Crippen MR) is 105 cm³/mol. The maximum Gasteiger partial charge on any atom is 0.331 e. The molecule has 0 spiro atoms. The SMILES string of the molecule is CCOC(=O)/C=C(\C)c1ccc(N(CC(C)C)CC(C)C)c([N+](=O)[O-])c1. The van der Waals surface area contributed by atoms with E-state index in [1.807, 2.05) is 6.07 Å². The number of esters is 1. The number of hydrogen-bond donors (Lipinski definition) is 0. The summed E-state index contributed by atoms with van der Waals surface area (Å²) in [6, 6.07) is 5.13. The molecule has 0 radical (unpaired) electrons. The van der Waals surface area contributed by atoms with Crippen LogP contribution >= 0.6 is 0 Å². The van der Waals surface area contributed by atoms with E-state index < -0.39 is 5.97 Å². The van der Waals surface area contributed by atoms with Gasteiger partial charge in [0.05, 0.1) is 11.5 Å². The fraction of sp³-hybridized carbons (Fsp3) is 0.550. The summed E-state index contributed by atoms with van der Waals surface area (Å²) >= 11 is 0. The Morgan fingerprint density at radius 3 is 2.27 bits per heavy atom. The molecule has 0 saturated heterocycles. The van der Waals surface area contributed by atoms with Gasteiger partial charge < -0.3 is 9.64 Å². The molecule has 0 amide bonds. The molecule has 0 aliphatic carbocycles. The highest BCUT2D eigenvalue weighted by atomic mass is 16.6. The molecule has 6 heteroatoms. The Kier molecular flexibility index (Phi) is 8.29. The van der Waals surface area contributed by atoms with E-state index in [2.05, 4.69) is 32.6 Å². The van der Waals surface area contributed by atoms with E-state index in [-0.39, 0.29) is 10.6 Å². The van der Waals surface area contributed by atoms with Crippen molar-refractivity contribution in [3.05, 3.63) is 40.0 Å². The van der Waals surface area contributed by atoms with Gasteiger partial charge in [-0.05, 0) is 42.9 Å². The molecule has 0 saturated carbocycles. The number of ether oxygens (including phenoxy) is 1. The molecule has 0 aliphatic heterocycles. The summed E-state index contributed by atoms with van der Waals surface area (Å²) in [6.45, 7) is 13.7. The van der Waals surface area contributed by atoms with Crippen LogP contribution < -0.4 is 4.90 Å². The van der Waals surface area contributed by atoms with E-state index in [0.29, 0.717) is 35.3 Å². The topological polar surface area (TPSA) is 72.7 Å². The second kappa shape index (κ2) is 9.94. The van der Waals surface area contributed by atoms with Crippen LogP contribution in [0.15, 0.2) is 24.3 Å². The first-order chi connectivity index (χ1) is 12.1. The maximum atomic E-state index is 11.7. The minimum Gasteiger partial charge on any atom is -0.463 e. The minimum absolute atomic E-state index is 0.0559. The first-order valence-corrected chi connectivity index (χ1v) is 9.04. The number of benzene rings is 1. The van der Waals surface area contributed by atoms with Crippen molar-refractivity contribution in [3.8, 4) is 0 Å². The van der Waals surface area contributed by atoms with Gasteiger partial charge in [0.15, 0.2) is 0 Å². The molecule has 1 rings (SSSR count). The lowest BCUT2D eigenvalue weighted by atomic mass is 10.0. The summed E-state index contributed by atoms with van der Waals surface area (Å²) < 4.78 is 4.90. The van der Waals surface area contributed by atoms with Crippen LogP contribution in [0.3, 0.4) is 0 Å². The average Bonchev–Trinajstić information content (AvgIpc) is 2.52. The first-order valence-electron chi connectivity index (χ1n) is 9.04. The van der Waals surface area contributed by atoms with Gasteiger partial charge in [-0.1, -0.05) is 33.8 Å². The number of nitrogens with zero attached hydrogens (tertiary/aromatic N) is 2. The summed E-state index contributed by atoms with van der Waals surface area (Å²) in [7, 11) is 0. The number of rotatable bonds is 9. The largest absolute Gasteiger partial charge is 0.463 e. The molecule has 0 unspecified atom stereocenters. The van der Waals surface area contributed by atoms with Crippen molar-refractivity contribution in [1.29, 1.82) is 0 Å². The molecule has 0 fully saturated rings. The molecule has 0 aromatic heterocycles. The molecule has 1 aromatic rings. The maximum absolute atomic E-state index is 11.7. The van der Waals surface area contributed by atoms with Gasteiger partial charge in [0.25, 0.3) is 5.69 Å². The third-order valence-electron chi connectivity index (χ3n) is 3.76. The molecule has 1 aromatic carbocycles. The average molecular weight is 362 g/mol. The minimum atomic E-state index is -0.446. The van der Waals surface area contributed by atoms with Crippen molar-refractivity contribution in [3.63, 3.8) is 0 Å². The standard InChI is InChI=1S/C20H30N2O4/c1-7-26-20(23)10-16(6)17-8-9-18(19(11-17)22(24)25)21(12-14(2)3)13-15(4)5/h8-11,14-15H,7,12-13H2,1-6H3/b16-10+. The van der Waals surface area contributed by atoms with Gasteiger partial charge in [-0.3, -0.25) is 10.1 Å². The number of carbonyl (C=O) groups excluding carboxylic acids is 1. The van der Waals surface area contributed by atoms with E-state index in [9.17, 15) is 14.9 Å². The zero-order chi connectivity index (χ0) is 19.9. The molecule has 0 bridgehead atoms. The van der Waals surface area contributed by atoms with Crippen molar-refractivity contribution < 1.29 is 14.5 Å². The Bertz CT molecular complexity index is 656. The smallest absolute Gasteiger partial charge is 0.331 e. The molecule has 0 atom stereocenters. The Morgan fingerprint density at radius 2 is 1.81 bits per heavy atom. The lowest BCUT2D eigenvalue weighted by Crippen LogP contribution is -2.31. The summed E-state index contributed by atoms with van der Waals surface area (Å²) in [5, 5.41) is 11.7. The third kappa shape index (κ3) is 6.50. The Hall–Kier alpha value is -2.37. The van der Waals surface area contributed by atoms with E-state index in [1.165, 1.54) is 12.1 Å². The van der Waals surface area contributed by atoms with Crippen LogP contribution in [0.4, 0.5) is 11.4 Å². The molecule has 144 valence electrons. The number of hydrogen-bond acceptors (Lipinski definition) is 5. The number of nitro groups is 1. The monoisotopic (exact) mass is 362 g/mol. The summed E-state index contributed by atoms with van der Waals surface area (Å²) in [5.74, 6) is 0.329. The van der Waals surface area contributed by atoms with Gasteiger partial charge in [0, 0.05) is 25.2 Å². The van der Waals surface area contributed by atoms with Crippen molar-refractivity contribution in [2.75, 3.05) is 24.6 Å². The molecule has 0 heterocycles. The lowest BCUT2D eigenvalue weighted by Gasteiger charge is -2.28. The van der Waals surface area contributed by atoms with Crippen molar-refractivity contribution >= 4 is 22.9 Å². The highest BCUT2D eigenvalue weighted by molar-refractivity contribution is 5.91. The van der Waals surface area contributed by atoms with Crippen molar-refractivity contribution in [2.24, 2.45) is 11.8 Å². The Balaban J connectivity index is 3.30. The third-order valence-corrected chi connectivity index (χ3v) is 3.76. The van der Waals surface area contributed by atoms with Crippen molar-refractivity contribution in [1.82, 2.24) is 0 Å². The van der Waals surface area contributed by atoms with E-state index in [0.717, 1.165) is 13.1 Å². The zero-order valence-electron chi connectivity index (χ0n) is 16.6. The zero-order valence-corrected chi connectivity index (χ0v) is 16.6. The molecule has 6 nitrogen and oxygen atoms in total. The van der Waals surface area contributed by atoms with Crippen LogP contribution in [0, 0.1) is 22.0 Å². The molecule has 0 N–H and O–H groups in total. The fourth-order valence-electron chi connectivity index (χ4n) is 2.78. The van der Waals surface area contributed by atoms with E-state index in [1.54, 1.807) is 19.9 Å². The predicted octanol–water partition coefficient (Wildman–Crippen LogP) is 4.68. The van der Waals surface area contributed by atoms with Crippen LogP contribution in [0.2, 0.25) is 0 Å². The van der Waals surface area contributed by atoms with Crippen LogP contribution in [-0.2, 0) is 9.53 Å². The number of anilines is 1. The lowest BCUT2D eigenvalue weighted by molar-refractivity contribution is -0.384. The van der Waals surface area contributed by atoms with Gasteiger partial charge >= 0.3 is 5.97 Å². The van der Waals surface area contributed by atoms with E-state index in [4.69, 9.17) is 4.74 Å². The normalized spacial score (nSPS) is 11.8. The van der Waals surface area contributed by atoms with Crippen LogP contribution in [0.25, 0.3) is 5.57 Å². The molecular formula is C20H30N2O4. The molecule has 26 heavy (non-hydrogen) atoms. The van der Waals surface area contributed by atoms with Gasteiger partial charge in [0.1, 0.15) is 5.69 Å². The first kappa shape index (κ1) is 21.7. The summed E-state index contributed by atoms with van der Waals surface area (Å²) in [5.41, 5.74) is 1.95. The Labute approximate surface area is 156 Å². The van der Waals surface area contributed by atoms with Gasteiger partial charge in [-0.25, -0.2) is 4.79 Å². The highest BCUT2D eigenvalue weighted by Crippen LogP contribution is 2.32. The fourth-order valence-corrected chi connectivity index (χ4v) is 2.78. The Morgan fingerprint density at radius 1 is 1.23 bits per heavy atom. The molecule has 0 aliphatic rings.